The van der Waals surface area contributed by atoms with Gasteiger partial charge in [-0.15, -0.1) is 17.8 Å². The second-order valence-electron chi connectivity index (χ2n) is 3.41. The average Bonchev–Trinajstić information content (AvgIpc) is 2.81. The van der Waals surface area contributed by atoms with Crippen molar-refractivity contribution in [1.82, 2.24) is 9.97 Å². The SMILES string of the molecule is C#CCOc1nc(NCCC)nc2sccc12. The van der Waals surface area contributed by atoms with Gasteiger partial charge >= 0.3 is 0 Å². The fraction of sp³-hybridized carbons (Fsp3) is 0.333. The first-order valence-electron chi connectivity index (χ1n) is 5.40. The minimum absolute atomic E-state index is 0.217. The molecule has 0 spiro atoms. The second kappa shape index (κ2) is 5.51. The van der Waals surface area contributed by atoms with Gasteiger partial charge in [0, 0.05) is 6.54 Å². The Morgan fingerprint density at radius 3 is 3.18 bits per heavy atom. The summed E-state index contributed by atoms with van der Waals surface area (Å²) >= 11 is 1.56. The monoisotopic (exact) mass is 247 g/mol. The number of ether oxygens (including phenoxy) is 1. The number of nitrogens with one attached hydrogen (secondary N) is 1. The van der Waals surface area contributed by atoms with Gasteiger partial charge in [-0.1, -0.05) is 12.8 Å². The summed E-state index contributed by atoms with van der Waals surface area (Å²) in [5.41, 5.74) is 0. The number of terminal acetylenes is 1. The highest BCUT2D eigenvalue weighted by atomic mass is 32.1. The summed E-state index contributed by atoms with van der Waals surface area (Å²) in [7, 11) is 0. The Labute approximate surface area is 104 Å². The van der Waals surface area contributed by atoms with E-state index in [1.165, 1.54) is 0 Å². The molecule has 2 rings (SSSR count). The highest BCUT2D eigenvalue weighted by Crippen LogP contribution is 2.27. The summed E-state index contributed by atoms with van der Waals surface area (Å²) in [6.45, 7) is 3.15. The Kier molecular flexibility index (Phi) is 3.78. The van der Waals surface area contributed by atoms with Crippen molar-refractivity contribution in [2.75, 3.05) is 18.5 Å². The molecule has 2 aromatic rings. The van der Waals surface area contributed by atoms with Crippen molar-refractivity contribution < 1.29 is 4.74 Å². The van der Waals surface area contributed by atoms with E-state index in [1.807, 2.05) is 11.4 Å². The number of hydrogen-bond acceptors (Lipinski definition) is 5. The highest BCUT2D eigenvalue weighted by molar-refractivity contribution is 7.16. The largest absolute Gasteiger partial charge is 0.464 e. The van der Waals surface area contributed by atoms with Crippen LogP contribution in [0.2, 0.25) is 0 Å². The zero-order valence-corrected chi connectivity index (χ0v) is 10.4. The molecule has 0 radical (unpaired) electrons. The van der Waals surface area contributed by atoms with Gasteiger partial charge in [0.2, 0.25) is 11.8 Å². The van der Waals surface area contributed by atoms with E-state index >= 15 is 0 Å². The lowest BCUT2D eigenvalue weighted by molar-refractivity contribution is 0.360. The van der Waals surface area contributed by atoms with E-state index in [0.29, 0.717) is 11.8 Å². The van der Waals surface area contributed by atoms with Gasteiger partial charge in [0.1, 0.15) is 4.83 Å². The molecular weight excluding hydrogens is 234 g/mol. The molecule has 88 valence electrons. The zero-order chi connectivity index (χ0) is 12.1. The highest BCUT2D eigenvalue weighted by Gasteiger charge is 2.09. The molecule has 0 aliphatic carbocycles. The average molecular weight is 247 g/mol. The molecule has 0 aliphatic heterocycles. The van der Waals surface area contributed by atoms with Crippen LogP contribution in [0.25, 0.3) is 10.2 Å². The number of aromatic nitrogens is 2. The first-order chi connectivity index (χ1) is 8.35. The molecule has 0 aliphatic rings. The van der Waals surface area contributed by atoms with Crippen LogP contribution >= 0.6 is 11.3 Å². The van der Waals surface area contributed by atoms with Crippen LogP contribution in [0, 0.1) is 12.3 Å². The Morgan fingerprint density at radius 2 is 2.41 bits per heavy atom. The van der Waals surface area contributed by atoms with Crippen LogP contribution in [0.1, 0.15) is 13.3 Å². The molecule has 0 aromatic carbocycles. The van der Waals surface area contributed by atoms with Gasteiger partial charge in [-0.2, -0.15) is 4.98 Å². The third-order valence-corrected chi connectivity index (χ3v) is 2.92. The molecule has 17 heavy (non-hydrogen) atoms. The second-order valence-corrected chi connectivity index (χ2v) is 4.31. The Balaban J connectivity index is 2.33. The van der Waals surface area contributed by atoms with Gasteiger partial charge in [0.25, 0.3) is 0 Å². The summed E-state index contributed by atoms with van der Waals surface area (Å²) < 4.78 is 5.43. The minimum atomic E-state index is 0.217. The lowest BCUT2D eigenvalue weighted by Gasteiger charge is -2.07. The molecule has 5 heteroatoms. The summed E-state index contributed by atoms with van der Waals surface area (Å²) in [6.07, 6.45) is 6.20. The number of fused-ring (bicyclic) bond motifs is 1. The fourth-order valence-corrected chi connectivity index (χ4v) is 2.12. The molecule has 0 bridgehead atoms. The molecule has 0 atom stereocenters. The normalized spacial score (nSPS) is 10.1. The number of thiophene rings is 1. The van der Waals surface area contributed by atoms with Crippen LogP contribution in [0.4, 0.5) is 5.95 Å². The lowest BCUT2D eigenvalue weighted by atomic mass is 10.4. The van der Waals surface area contributed by atoms with Crippen molar-refractivity contribution >= 4 is 27.5 Å². The molecule has 0 saturated carbocycles. The zero-order valence-electron chi connectivity index (χ0n) is 9.56. The summed E-state index contributed by atoms with van der Waals surface area (Å²) in [4.78, 5) is 9.63. The summed E-state index contributed by atoms with van der Waals surface area (Å²) in [6, 6.07) is 1.94. The maximum atomic E-state index is 5.43. The van der Waals surface area contributed by atoms with Gasteiger partial charge in [-0.25, -0.2) is 4.98 Å². The Morgan fingerprint density at radius 1 is 1.53 bits per heavy atom. The standard InChI is InChI=1S/C12H13N3OS/c1-3-6-13-12-14-10(16-7-4-2)9-5-8-17-11(9)15-12/h2,5,8H,3,6-7H2,1H3,(H,13,14,15). The Bertz CT molecular complexity index is 544. The van der Waals surface area contributed by atoms with Crippen LogP contribution < -0.4 is 10.1 Å². The van der Waals surface area contributed by atoms with E-state index in [9.17, 15) is 0 Å². The van der Waals surface area contributed by atoms with Gasteiger partial charge in [-0.05, 0) is 17.9 Å². The number of nitrogens with zero attached hydrogens (tertiary/aromatic N) is 2. The molecule has 0 unspecified atom stereocenters. The van der Waals surface area contributed by atoms with Crippen molar-refractivity contribution in [2.24, 2.45) is 0 Å². The van der Waals surface area contributed by atoms with Crippen molar-refractivity contribution in [2.45, 2.75) is 13.3 Å². The molecule has 2 heterocycles. The van der Waals surface area contributed by atoms with Crippen molar-refractivity contribution in [1.29, 1.82) is 0 Å². The number of rotatable bonds is 5. The smallest absolute Gasteiger partial charge is 0.228 e. The topological polar surface area (TPSA) is 47.0 Å². The van der Waals surface area contributed by atoms with Crippen molar-refractivity contribution in [3.63, 3.8) is 0 Å². The predicted molar refractivity (Wildman–Crippen MR) is 70.5 cm³/mol. The van der Waals surface area contributed by atoms with Crippen molar-refractivity contribution in [3.8, 4) is 18.2 Å². The van der Waals surface area contributed by atoms with E-state index < -0.39 is 0 Å². The van der Waals surface area contributed by atoms with Crippen LogP contribution in [-0.2, 0) is 0 Å². The summed E-state index contributed by atoms with van der Waals surface area (Å²) in [5.74, 6) is 3.58. The summed E-state index contributed by atoms with van der Waals surface area (Å²) in [5, 5.41) is 6.02. The molecular formula is C12H13N3OS. The molecule has 4 nitrogen and oxygen atoms in total. The van der Waals surface area contributed by atoms with E-state index in [-0.39, 0.29) is 6.61 Å². The van der Waals surface area contributed by atoms with Crippen molar-refractivity contribution in [3.05, 3.63) is 11.4 Å². The predicted octanol–water partition coefficient (Wildman–Crippen LogP) is 2.53. The van der Waals surface area contributed by atoms with E-state index in [4.69, 9.17) is 11.2 Å². The first-order valence-corrected chi connectivity index (χ1v) is 6.28. The molecule has 0 amide bonds. The van der Waals surface area contributed by atoms with E-state index in [2.05, 4.69) is 28.1 Å². The van der Waals surface area contributed by atoms with E-state index in [1.54, 1.807) is 11.3 Å². The fourth-order valence-electron chi connectivity index (χ4n) is 1.36. The van der Waals surface area contributed by atoms with Crippen LogP contribution in [-0.4, -0.2) is 23.1 Å². The quantitative estimate of drug-likeness (QED) is 0.825. The van der Waals surface area contributed by atoms with Gasteiger partial charge in [0.05, 0.1) is 5.39 Å². The van der Waals surface area contributed by atoms with Gasteiger partial charge in [0.15, 0.2) is 6.61 Å². The molecule has 1 N–H and O–H groups in total. The third kappa shape index (κ3) is 2.66. The lowest BCUT2D eigenvalue weighted by Crippen LogP contribution is -2.06. The Hall–Kier alpha value is -1.80. The van der Waals surface area contributed by atoms with Crippen LogP contribution in [0.5, 0.6) is 5.88 Å². The van der Waals surface area contributed by atoms with Gasteiger partial charge < -0.3 is 10.1 Å². The maximum absolute atomic E-state index is 5.43. The molecule has 0 saturated heterocycles. The molecule has 0 fully saturated rings. The van der Waals surface area contributed by atoms with Crippen LogP contribution in [0.3, 0.4) is 0 Å². The first kappa shape index (κ1) is 11.7. The number of anilines is 1. The molecule has 2 aromatic heterocycles. The van der Waals surface area contributed by atoms with Gasteiger partial charge in [-0.3, -0.25) is 0 Å². The maximum Gasteiger partial charge on any atom is 0.228 e. The number of hydrogen-bond donors (Lipinski definition) is 1. The minimum Gasteiger partial charge on any atom is -0.464 e. The van der Waals surface area contributed by atoms with Crippen LogP contribution in [0.15, 0.2) is 11.4 Å². The third-order valence-electron chi connectivity index (χ3n) is 2.12. The van der Waals surface area contributed by atoms with E-state index in [0.717, 1.165) is 23.2 Å².